The van der Waals surface area contributed by atoms with Gasteiger partial charge in [-0.2, -0.15) is 9.90 Å². The summed E-state index contributed by atoms with van der Waals surface area (Å²) in [5, 5.41) is 8.81. The molecule has 0 aliphatic rings. The Balaban J connectivity index is 0.000001000. The summed E-state index contributed by atoms with van der Waals surface area (Å²) >= 11 is 0. The molecule has 1 heterocycles. The standard InChI is InChI=1S/C2H3BF3N4.K/c1-10-8-2(7-9-10)3(4,5)6;/h1H3;/q-1;+1. The predicted molar refractivity (Wildman–Crippen MR) is 27.5 cm³/mol. The number of nitrogens with zero attached hydrogens (tertiary/aromatic N) is 4. The molecule has 1 rings (SSSR count). The van der Waals surface area contributed by atoms with Gasteiger partial charge in [0.15, 0.2) is 0 Å². The molecule has 0 spiro atoms. The smallest absolute Gasteiger partial charge is 0.443 e. The minimum Gasteiger partial charge on any atom is -0.443 e. The van der Waals surface area contributed by atoms with Crippen molar-refractivity contribution in [1.29, 1.82) is 0 Å². The van der Waals surface area contributed by atoms with Gasteiger partial charge in [0.2, 0.25) is 0 Å². The molecule has 1 aromatic rings. The Labute approximate surface area is 103 Å². The topological polar surface area (TPSA) is 43.6 Å². The van der Waals surface area contributed by atoms with Gasteiger partial charge in [-0.25, -0.2) is 0 Å². The number of tetrazole rings is 1. The summed E-state index contributed by atoms with van der Waals surface area (Å²) in [5.41, 5.74) is -1.15. The molecule has 0 saturated heterocycles. The maximum atomic E-state index is 11.7. The summed E-state index contributed by atoms with van der Waals surface area (Å²) in [4.78, 5) is 0.768. The molecule has 0 aliphatic carbocycles. The molecular weight excluding hydrogens is 187 g/mol. The molecule has 11 heavy (non-hydrogen) atoms. The normalized spacial score (nSPS) is 10.9. The second-order valence-corrected chi connectivity index (χ2v) is 1.71. The second kappa shape index (κ2) is 3.99. The Morgan fingerprint density at radius 3 is 2.09 bits per heavy atom. The Morgan fingerprint density at radius 1 is 1.36 bits per heavy atom. The molecule has 0 unspecified atom stereocenters. The fraction of sp³-hybridized carbons (Fsp3) is 0.500. The van der Waals surface area contributed by atoms with Crippen molar-refractivity contribution in [1.82, 2.24) is 20.2 Å². The molecule has 0 saturated carbocycles. The number of halogens is 3. The molecule has 0 bridgehead atoms. The van der Waals surface area contributed by atoms with E-state index in [4.69, 9.17) is 0 Å². The Kier molecular flexibility index (Phi) is 4.19. The first-order chi connectivity index (χ1) is 4.50. The van der Waals surface area contributed by atoms with Crippen LogP contribution in [0.4, 0.5) is 12.9 Å². The zero-order chi connectivity index (χ0) is 7.78. The zero-order valence-electron chi connectivity index (χ0n) is 6.00. The van der Waals surface area contributed by atoms with E-state index < -0.39 is 12.7 Å². The average molecular weight is 190 g/mol. The third kappa shape index (κ3) is 3.20. The van der Waals surface area contributed by atoms with Crippen molar-refractivity contribution in [2.75, 3.05) is 0 Å². The van der Waals surface area contributed by atoms with Crippen molar-refractivity contribution in [2.45, 2.75) is 0 Å². The van der Waals surface area contributed by atoms with E-state index in [-0.39, 0.29) is 51.4 Å². The van der Waals surface area contributed by atoms with Crippen molar-refractivity contribution >= 4 is 12.7 Å². The molecule has 4 nitrogen and oxygen atoms in total. The zero-order valence-corrected chi connectivity index (χ0v) is 9.12. The van der Waals surface area contributed by atoms with E-state index >= 15 is 0 Å². The number of aromatic nitrogens is 4. The molecule has 9 heteroatoms. The number of hydrogen-bond acceptors (Lipinski definition) is 3. The summed E-state index contributed by atoms with van der Waals surface area (Å²) in [6.07, 6.45) is 0. The first-order valence-corrected chi connectivity index (χ1v) is 2.44. The number of hydrogen-bond donors (Lipinski definition) is 0. The van der Waals surface area contributed by atoms with Crippen molar-refractivity contribution < 1.29 is 64.3 Å². The maximum Gasteiger partial charge on any atom is 1.00 e. The summed E-state index contributed by atoms with van der Waals surface area (Å²) < 4.78 is 35.1. The fourth-order valence-corrected chi connectivity index (χ4v) is 0.430. The molecule has 0 atom stereocenters. The first kappa shape index (κ1) is 11.6. The van der Waals surface area contributed by atoms with Crippen LogP contribution in [-0.4, -0.2) is 27.2 Å². The average Bonchev–Trinajstić information content (AvgIpc) is 2.11. The van der Waals surface area contributed by atoms with Gasteiger partial charge in [-0.3, -0.25) is 0 Å². The minimum atomic E-state index is -5.09. The SMILES string of the molecule is Cn1nnc([B-](F)(F)F)n1.[K+]. The van der Waals surface area contributed by atoms with Crippen LogP contribution >= 0.6 is 0 Å². The summed E-state index contributed by atoms with van der Waals surface area (Å²) in [6, 6.07) is 0. The third-order valence-electron chi connectivity index (χ3n) is 0.817. The van der Waals surface area contributed by atoms with Crippen LogP contribution in [0.2, 0.25) is 0 Å². The van der Waals surface area contributed by atoms with Gasteiger partial charge < -0.3 is 12.9 Å². The van der Waals surface area contributed by atoms with Crippen LogP contribution in [-0.2, 0) is 7.05 Å². The summed E-state index contributed by atoms with van der Waals surface area (Å²) in [6.45, 7) is -5.09. The van der Waals surface area contributed by atoms with Gasteiger partial charge in [-0.1, -0.05) is 5.21 Å². The van der Waals surface area contributed by atoms with E-state index in [0.717, 1.165) is 4.80 Å². The Hall–Kier alpha value is 0.561. The second-order valence-electron chi connectivity index (χ2n) is 1.71. The largest absolute Gasteiger partial charge is 1.00 e. The molecule has 0 fully saturated rings. The summed E-state index contributed by atoms with van der Waals surface area (Å²) in [5.74, 6) is 0. The molecular formula is C2H3BF3KN4. The predicted octanol–water partition coefficient (Wildman–Crippen LogP) is -3.73. The van der Waals surface area contributed by atoms with Crippen LogP contribution in [0.15, 0.2) is 0 Å². The van der Waals surface area contributed by atoms with Gasteiger partial charge in [-0.05, 0) is 0 Å². The van der Waals surface area contributed by atoms with E-state index in [0.29, 0.717) is 0 Å². The molecule has 0 N–H and O–H groups in total. The quantitative estimate of drug-likeness (QED) is 0.427. The van der Waals surface area contributed by atoms with Gasteiger partial charge in [0.25, 0.3) is 0 Å². The summed E-state index contributed by atoms with van der Waals surface area (Å²) in [7, 11) is 1.28. The van der Waals surface area contributed by atoms with E-state index in [1.165, 1.54) is 7.05 Å². The van der Waals surface area contributed by atoms with E-state index in [1.807, 2.05) is 0 Å². The first-order valence-electron chi connectivity index (χ1n) is 2.44. The third-order valence-corrected chi connectivity index (χ3v) is 0.817. The maximum absolute atomic E-state index is 11.7. The van der Waals surface area contributed by atoms with Crippen LogP contribution in [0.1, 0.15) is 0 Å². The molecule has 0 amide bonds. The molecule has 0 radical (unpaired) electrons. The van der Waals surface area contributed by atoms with Crippen LogP contribution in [0, 0.1) is 0 Å². The number of rotatable bonds is 1. The Bertz CT molecular complexity index is 233. The minimum absolute atomic E-state index is 0. The van der Waals surface area contributed by atoms with Crippen LogP contribution in [0.3, 0.4) is 0 Å². The fourth-order valence-electron chi connectivity index (χ4n) is 0.430. The van der Waals surface area contributed by atoms with Gasteiger partial charge in [-0.15, -0.1) is 5.10 Å². The van der Waals surface area contributed by atoms with Crippen molar-refractivity contribution in [3.8, 4) is 0 Å². The van der Waals surface area contributed by atoms with Crippen LogP contribution in [0.25, 0.3) is 0 Å². The number of aryl methyl sites for hydroxylation is 1. The molecule has 0 aliphatic heterocycles. The van der Waals surface area contributed by atoms with Crippen LogP contribution < -0.4 is 57.1 Å². The van der Waals surface area contributed by atoms with Crippen molar-refractivity contribution in [3.05, 3.63) is 0 Å². The van der Waals surface area contributed by atoms with Gasteiger partial charge in [0.05, 0.1) is 7.05 Å². The van der Waals surface area contributed by atoms with Gasteiger partial charge >= 0.3 is 58.4 Å². The van der Waals surface area contributed by atoms with E-state index in [9.17, 15) is 12.9 Å². The van der Waals surface area contributed by atoms with Crippen molar-refractivity contribution in [3.63, 3.8) is 0 Å². The molecule has 0 aromatic carbocycles. The molecule has 1 aromatic heterocycles. The van der Waals surface area contributed by atoms with Gasteiger partial charge in [0, 0.05) is 0 Å². The molecule has 56 valence electrons. The monoisotopic (exact) mass is 190 g/mol. The van der Waals surface area contributed by atoms with E-state index in [1.54, 1.807) is 0 Å². The van der Waals surface area contributed by atoms with Gasteiger partial charge in [0.1, 0.15) is 5.72 Å². The van der Waals surface area contributed by atoms with Crippen LogP contribution in [0.5, 0.6) is 0 Å². The Morgan fingerprint density at radius 2 is 1.91 bits per heavy atom. The van der Waals surface area contributed by atoms with E-state index in [2.05, 4.69) is 15.4 Å². The van der Waals surface area contributed by atoms with Crippen molar-refractivity contribution in [2.24, 2.45) is 7.05 Å².